The Labute approximate surface area is 151 Å². The van der Waals surface area contributed by atoms with Crippen LogP contribution in [0.5, 0.6) is 0 Å². The third-order valence-corrected chi connectivity index (χ3v) is 4.58. The van der Waals surface area contributed by atoms with E-state index in [1.54, 1.807) is 43.1 Å². The van der Waals surface area contributed by atoms with E-state index >= 15 is 0 Å². The lowest BCUT2D eigenvalue weighted by molar-refractivity contribution is -0.149. The van der Waals surface area contributed by atoms with Crippen LogP contribution < -0.4 is 0 Å². The fraction of sp³-hybridized carbons (Fsp3) is 0.421. The van der Waals surface area contributed by atoms with Crippen LogP contribution in [0.2, 0.25) is 0 Å². The largest absolute Gasteiger partial charge is 0.466 e. The summed E-state index contributed by atoms with van der Waals surface area (Å²) in [6, 6.07) is 7.92. The van der Waals surface area contributed by atoms with Crippen LogP contribution in [0.25, 0.3) is 11.3 Å². The SMILES string of the molecule is CCOC(=O)C1CCCN(C(=O)c2cc(-c3ccccc3F)nn2C)C1. The van der Waals surface area contributed by atoms with Crippen LogP contribution in [0.1, 0.15) is 30.3 Å². The van der Waals surface area contributed by atoms with Gasteiger partial charge in [0.2, 0.25) is 0 Å². The van der Waals surface area contributed by atoms with Gasteiger partial charge in [0.05, 0.1) is 18.2 Å². The van der Waals surface area contributed by atoms with Crippen LogP contribution in [0.15, 0.2) is 30.3 Å². The van der Waals surface area contributed by atoms with E-state index < -0.39 is 0 Å². The zero-order valence-electron chi connectivity index (χ0n) is 14.9. The first-order chi connectivity index (χ1) is 12.5. The molecular formula is C19H22FN3O3. The maximum atomic E-state index is 14.0. The highest BCUT2D eigenvalue weighted by Gasteiger charge is 2.31. The number of piperidine rings is 1. The van der Waals surface area contributed by atoms with Gasteiger partial charge in [-0.1, -0.05) is 12.1 Å². The van der Waals surface area contributed by atoms with E-state index in [1.165, 1.54) is 10.7 Å². The number of likely N-dealkylation sites (tertiary alicyclic amines) is 1. The van der Waals surface area contributed by atoms with Gasteiger partial charge in [0, 0.05) is 25.7 Å². The molecule has 1 aromatic carbocycles. The molecular weight excluding hydrogens is 337 g/mol. The van der Waals surface area contributed by atoms with Crippen LogP contribution >= 0.6 is 0 Å². The number of aromatic nitrogens is 2. The number of aryl methyl sites for hydroxylation is 1. The summed E-state index contributed by atoms with van der Waals surface area (Å²) in [4.78, 5) is 26.5. The first-order valence-corrected chi connectivity index (χ1v) is 8.76. The Bertz CT molecular complexity index is 818. The number of carbonyl (C=O) groups is 2. The normalized spacial score (nSPS) is 17.2. The maximum Gasteiger partial charge on any atom is 0.310 e. The highest BCUT2D eigenvalue weighted by atomic mass is 19.1. The van der Waals surface area contributed by atoms with Crippen molar-refractivity contribution in [2.75, 3.05) is 19.7 Å². The Balaban J connectivity index is 1.80. The van der Waals surface area contributed by atoms with Crippen molar-refractivity contribution in [1.82, 2.24) is 14.7 Å². The van der Waals surface area contributed by atoms with E-state index in [-0.39, 0.29) is 23.6 Å². The quantitative estimate of drug-likeness (QED) is 0.788. The summed E-state index contributed by atoms with van der Waals surface area (Å²) >= 11 is 0. The van der Waals surface area contributed by atoms with E-state index in [9.17, 15) is 14.0 Å². The average molecular weight is 359 g/mol. The van der Waals surface area contributed by atoms with Crippen molar-refractivity contribution >= 4 is 11.9 Å². The number of hydrogen-bond acceptors (Lipinski definition) is 4. The van der Waals surface area contributed by atoms with Crippen molar-refractivity contribution in [1.29, 1.82) is 0 Å². The molecule has 0 bridgehead atoms. The Morgan fingerprint density at radius 3 is 2.85 bits per heavy atom. The zero-order valence-corrected chi connectivity index (χ0v) is 14.9. The molecule has 138 valence electrons. The van der Waals surface area contributed by atoms with Gasteiger partial charge in [-0.15, -0.1) is 0 Å². The molecule has 0 radical (unpaired) electrons. The van der Waals surface area contributed by atoms with E-state index in [0.717, 1.165) is 6.42 Å². The standard InChI is InChI=1S/C19H22FN3O3/c1-3-26-19(25)13-7-6-10-23(12-13)18(24)17-11-16(21-22(17)2)14-8-4-5-9-15(14)20/h4-5,8-9,11,13H,3,6-7,10,12H2,1-2H3. The van der Waals surface area contributed by atoms with Crippen molar-refractivity contribution in [2.45, 2.75) is 19.8 Å². The van der Waals surface area contributed by atoms with E-state index in [2.05, 4.69) is 5.10 Å². The molecule has 1 aliphatic rings. The summed E-state index contributed by atoms with van der Waals surface area (Å²) in [6.07, 6.45) is 1.46. The molecule has 1 fully saturated rings. The van der Waals surface area contributed by atoms with Crippen LogP contribution in [0.3, 0.4) is 0 Å². The van der Waals surface area contributed by atoms with Crippen LogP contribution in [0.4, 0.5) is 4.39 Å². The lowest BCUT2D eigenvalue weighted by Gasteiger charge is -2.31. The van der Waals surface area contributed by atoms with E-state index in [1.807, 2.05) is 0 Å². The summed E-state index contributed by atoms with van der Waals surface area (Å²) in [7, 11) is 1.66. The second kappa shape index (κ2) is 7.68. The van der Waals surface area contributed by atoms with Gasteiger partial charge in [0.1, 0.15) is 11.5 Å². The minimum absolute atomic E-state index is 0.211. The average Bonchev–Trinajstić information content (AvgIpc) is 3.03. The number of rotatable bonds is 4. The highest BCUT2D eigenvalue weighted by molar-refractivity contribution is 5.94. The number of amides is 1. The molecule has 1 saturated heterocycles. The first kappa shape index (κ1) is 18.1. The topological polar surface area (TPSA) is 64.4 Å². The molecule has 0 saturated carbocycles. The molecule has 0 N–H and O–H groups in total. The predicted octanol–water partition coefficient (Wildman–Crippen LogP) is 2.64. The summed E-state index contributed by atoms with van der Waals surface area (Å²) in [6.45, 7) is 3.01. The molecule has 1 aromatic heterocycles. The van der Waals surface area contributed by atoms with Gasteiger partial charge in [-0.25, -0.2) is 4.39 Å². The second-order valence-electron chi connectivity index (χ2n) is 6.36. The molecule has 1 aliphatic heterocycles. The number of carbonyl (C=O) groups excluding carboxylic acids is 2. The molecule has 1 amide bonds. The zero-order chi connectivity index (χ0) is 18.7. The van der Waals surface area contributed by atoms with Crippen LogP contribution in [-0.2, 0) is 16.6 Å². The maximum absolute atomic E-state index is 14.0. The van der Waals surface area contributed by atoms with Crippen LogP contribution in [0, 0.1) is 11.7 Å². The molecule has 1 atom stereocenters. The van der Waals surface area contributed by atoms with Crippen LogP contribution in [-0.4, -0.2) is 46.3 Å². The Kier molecular flexibility index (Phi) is 5.35. The van der Waals surface area contributed by atoms with Gasteiger partial charge in [0.25, 0.3) is 5.91 Å². The number of esters is 1. The summed E-state index contributed by atoms with van der Waals surface area (Å²) in [5.74, 6) is -1.16. The Morgan fingerprint density at radius 1 is 1.35 bits per heavy atom. The monoisotopic (exact) mass is 359 g/mol. The molecule has 26 heavy (non-hydrogen) atoms. The fourth-order valence-electron chi connectivity index (χ4n) is 3.24. The van der Waals surface area contributed by atoms with Gasteiger partial charge in [-0.3, -0.25) is 14.3 Å². The number of halogens is 1. The van der Waals surface area contributed by atoms with Gasteiger partial charge in [-0.2, -0.15) is 5.10 Å². The Hall–Kier alpha value is -2.70. The Morgan fingerprint density at radius 2 is 2.12 bits per heavy atom. The predicted molar refractivity (Wildman–Crippen MR) is 93.9 cm³/mol. The molecule has 2 heterocycles. The molecule has 1 unspecified atom stereocenters. The number of benzene rings is 1. The number of ether oxygens (including phenoxy) is 1. The van der Waals surface area contributed by atoms with Gasteiger partial charge in [-0.05, 0) is 38.0 Å². The van der Waals surface area contributed by atoms with Crippen molar-refractivity contribution in [3.05, 3.63) is 41.8 Å². The molecule has 6 nitrogen and oxygen atoms in total. The molecule has 0 aliphatic carbocycles. The first-order valence-electron chi connectivity index (χ1n) is 8.76. The van der Waals surface area contributed by atoms with E-state index in [4.69, 9.17) is 4.74 Å². The fourth-order valence-corrected chi connectivity index (χ4v) is 3.24. The summed E-state index contributed by atoms with van der Waals surface area (Å²) in [5, 5.41) is 4.28. The molecule has 7 heteroatoms. The lowest BCUT2D eigenvalue weighted by atomic mass is 9.98. The van der Waals surface area contributed by atoms with Crippen molar-refractivity contribution in [2.24, 2.45) is 13.0 Å². The lowest BCUT2D eigenvalue weighted by Crippen LogP contribution is -2.43. The highest BCUT2D eigenvalue weighted by Crippen LogP contribution is 2.24. The smallest absolute Gasteiger partial charge is 0.310 e. The molecule has 0 spiro atoms. The number of nitrogens with zero attached hydrogens (tertiary/aromatic N) is 3. The number of hydrogen-bond donors (Lipinski definition) is 0. The van der Waals surface area contributed by atoms with Gasteiger partial charge >= 0.3 is 5.97 Å². The molecule has 3 rings (SSSR count). The molecule has 2 aromatic rings. The summed E-state index contributed by atoms with van der Waals surface area (Å²) < 4.78 is 20.5. The third kappa shape index (κ3) is 3.61. The minimum Gasteiger partial charge on any atom is -0.466 e. The summed E-state index contributed by atoms with van der Waals surface area (Å²) in [5.41, 5.74) is 1.13. The van der Waals surface area contributed by atoms with Gasteiger partial charge < -0.3 is 9.64 Å². The third-order valence-electron chi connectivity index (χ3n) is 4.58. The van der Waals surface area contributed by atoms with Crippen molar-refractivity contribution in [3.63, 3.8) is 0 Å². The minimum atomic E-state index is -0.384. The van der Waals surface area contributed by atoms with Gasteiger partial charge in [0.15, 0.2) is 0 Å². The van der Waals surface area contributed by atoms with E-state index in [0.29, 0.717) is 43.1 Å². The van der Waals surface area contributed by atoms with Crippen molar-refractivity contribution in [3.8, 4) is 11.3 Å². The van der Waals surface area contributed by atoms with Crippen molar-refractivity contribution < 1.29 is 18.7 Å². The second-order valence-corrected chi connectivity index (χ2v) is 6.36.